The van der Waals surface area contributed by atoms with Crippen LogP contribution in [-0.4, -0.2) is 323 Å². The minimum Gasteiger partial charge on any atom is -0.480 e. The van der Waals surface area contributed by atoms with E-state index < -0.39 is 261 Å². The third-order valence-electron chi connectivity index (χ3n) is 21.3. The first kappa shape index (κ1) is 114. The highest BCUT2D eigenvalue weighted by molar-refractivity contribution is 7.98. The molecule has 29 N–H and O–H groups in total. The largest absolute Gasteiger partial charge is 0.480 e. The molecule has 3 rings (SSSR count). The van der Waals surface area contributed by atoms with Crippen molar-refractivity contribution in [3.05, 3.63) is 35.9 Å². The molecular weight excluding hydrogens is 1740 g/mol. The number of nitrogens with zero attached hydrogens (tertiary/aromatic N) is 2. The number of thioether (sulfide) groups is 1. The maximum absolute atomic E-state index is 14.7. The fraction of sp³-hybridized carbons (Fsp3) is 0.699. The molecule has 2 aliphatic rings. The number of benzene rings is 1. The Morgan fingerprint density at radius 1 is 0.446 bits per heavy atom. The number of carboxylic acids is 1. The zero-order valence-corrected chi connectivity index (χ0v) is 77.2. The molecule has 45 nitrogen and oxygen atoms in total. The highest BCUT2D eigenvalue weighted by Crippen LogP contribution is 2.24. The third kappa shape index (κ3) is 40.5. The third-order valence-corrected chi connectivity index (χ3v) is 22.3. The van der Waals surface area contributed by atoms with Gasteiger partial charge in [0.2, 0.25) is 106 Å². The molecule has 0 radical (unpaired) electrons. The molecule has 0 bridgehead atoms. The number of carbonyl (C=O) groups is 19. The minimum atomic E-state index is -1.74. The highest BCUT2D eigenvalue weighted by atomic mass is 32.2. The van der Waals surface area contributed by atoms with Crippen molar-refractivity contribution in [2.24, 2.45) is 46.4 Å². The number of aliphatic hydroxyl groups excluding tert-OH is 3. The summed E-state index contributed by atoms with van der Waals surface area (Å²) in [5.41, 5.74) is 29.3. The summed E-state index contributed by atoms with van der Waals surface area (Å²) in [6.07, 6.45) is 2.37. The molecule has 1 aromatic carbocycles. The molecule has 130 heavy (non-hydrogen) atoms. The molecule has 1 aromatic rings. The number of hydrogen-bond donors (Lipinski definition) is 25. The Labute approximate surface area is 767 Å². The van der Waals surface area contributed by atoms with Crippen LogP contribution in [0.2, 0.25) is 0 Å². The second-order valence-corrected chi connectivity index (χ2v) is 34.7. The van der Waals surface area contributed by atoms with E-state index in [0.29, 0.717) is 49.8 Å². The first-order chi connectivity index (χ1) is 61.6. The van der Waals surface area contributed by atoms with Gasteiger partial charge in [-0.3, -0.25) is 86.3 Å². The Hall–Kier alpha value is -10.4. The normalized spacial score (nSPS) is 16.9. The summed E-state index contributed by atoms with van der Waals surface area (Å²) in [5, 5.41) is 77.9. The molecule has 0 saturated carbocycles. The van der Waals surface area contributed by atoms with Crippen LogP contribution < -0.4 is 108 Å². The molecule has 0 spiro atoms. The quantitative estimate of drug-likeness (QED) is 0.0213. The average molecular weight is 1880 g/mol. The Morgan fingerprint density at radius 2 is 0.838 bits per heavy atom. The number of nitrogens with one attached hydrogen (secondary N) is 15. The van der Waals surface area contributed by atoms with Gasteiger partial charge >= 0.3 is 5.97 Å². The number of hydrogen-bond acceptors (Lipinski definition) is 28. The SMILES string of the molecule is CSCC[C@H](N)C(=O)N[C@H](C(=O)N[C@@H](CC(C)C)C(=O)N1CCC[C@H]1C(=O)N[C@@H](CS)C(=O)N[C@@H](Cc1ccccc1)C(=O)NCC(=O)N[C@@H](CCC(N)=O)C(=O)N[C@@H](CCCCN)C(=O)N1CCC[C@H]1C(=O)N[C@@H](CO)C(=O)NCC(=O)N[C@@H](CCCCN)C(=O)N[C@H](C(=O)NCC(=O)N[C@@H](CCCCN)C(=O)N[C@@H](CO)C(=O)N[C@@H](CC(C)C)C(=O)O)C(C)C)[C@@H](C)O. The number of primary amides is 1. The van der Waals surface area contributed by atoms with Crippen LogP contribution in [0, 0.1) is 17.8 Å². The van der Waals surface area contributed by atoms with E-state index in [-0.39, 0.29) is 121 Å². The first-order valence-corrected chi connectivity index (χ1v) is 46.1. The van der Waals surface area contributed by atoms with E-state index in [9.17, 15) is 112 Å². The molecule has 18 amide bonds. The van der Waals surface area contributed by atoms with Crippen molar-refractivity contribution >= 4 is 137 Å². The van der Waals surface area contributed by atoms with Gasteiger partial charge in [-0.1, -0.05) is 71.9 Å². The predicted molar refractivity (Wildman–Crippen MR) is 481 cm³/mol. The Morgan fingerprint density at radius 3 is 1.28 bits per heavy atom. The molecule has 732 valence electrons. The lowest BCUT2D eigenvalue weighted by molar-refractivity contribution is -0.143. The fourth-order valence-corrected chi connectivity index (χ4v) is 14.9. The van der Waals surface area contributed by atoms with Crippen molar-refractivity contribution in [2.45, 2.75) is 267 Å². The van der Waals surface area contributed by atoms with Crippen molar-refractivity contribution in [3.8, 4) is 0 Å². The molecule has 2 saturated heterocycles. The van der Waals surface area contributed by atoms with E-state index in [1.807, 2.05) is 6.26 Å². The number of thiol groups is 1. The van der Waals surface area contributed by atoms with Gasteiger partial charge in [-0.25, -0.2) is 4.79 Å². The van der Waals surface area contributed by atoms with Crippen molar-refractivity contribution in [1.29, 1.82) is 0 Å². The van der Waals surface area contributed by atoms with E-state index in [4.69, 9.17) is 28.7 Å². The van der Waals surface area contributed by atoms with Crippen LogP contribution in [0.3, 0.4) is 0 Å². The summed E-state index contributed by atoms with van der Waals surface area (Å²) >= 11 is 5.80. The number of amides is 18. The number of nitrogens with two attached hydrogens (primary N) is 5. The van der Waals surface area contributed by atoms with Gasteiger partial charge < -0.3 is 139 Å². The smallest absolute Gasteiger partial charge is 0.326 e. The number of unbranched alkanes of at least 4 members (excludes halogenated alkanes) is 3. The van der Waals surface area contributed by atoms with Crippen LogP contribution in [0.25, 0.3) is 0 Å². The number of rotatable bonds is 62. The number of aliphatic carboxylic acids is 1. The molecule has 0 unspecified atom stereocenters. The molecular formula is C83H140N22O23S2. The van der Waals surface area contributed by atoms with Gasteiger partial charge in [0.05, 0.1) is 45.0 Å². The second-order valence-electron chi connectivity index (χ2n) is 33.4. The van der Waals surface area contributed by atoms with E-state index in [2.05, 4.69) is 92.4 Å². The van der Waals surface area contributed by atoms with Crippen LogP contribution >= 0.6 is 24.4 Å². The Kier molecular flexibility index (Phi) is 52.9. The molecule has 0 aromatic heterocycles. The van der Waals surface area contributed by atoms with E-state index in [0.717, 1.165) is 4.90 Å². The molecule has 47 heteroatoms. The van der Waals surface area contributed by atoms with Crippen LogP contribution in [0.1, 0.15) is 170 Å². The first-order valence-electron chi connectivity index (χ1n) is 44.1. The summed E-state index contributed by atoms with van der Waals surface area (Å²) in [5.74, 6) is -18.0. The Balaban J connectivity index is 1.74. The minimum absolute atomic E-state index is 0.00816. The van der Waals surface area contributed by atoms with Crippen molar-refractivity contribution in [2.75, 3.05) is 83.3 Å². The zero-order chi connectivity index (χ0) is 97.4. The molecule has 0 aliphatic carbocycles. The summed E-state index contributed by atoms with van der Waals surface area (Å²) in [6, 6.07) is -12.4. The van der Waals surface area contributed by atoms with Crippen molar-refractivity contribution < 1.29 is 112 Å². The lowest BCUT2D eigenvalue weighted by atomic mass is 10.0. The molecule has 2 fully saturated rings. The molecule has 2 heterocycles. The average Bonchev–Trinajstić information content (AvgIpc) is 1.65. The Bertz CT molecular complexity index is 3910. The fourth-order valence-electron chi connectivity index (χ4n) is 14.2. The lowest BCUT2D eigenvalue weighted by Gasteiger charge is -2.31. The number of likely N-dealkylation sites (tertiary alicyclic amines) is 2. The predicted octanol–water partition coefficient (Wildman–Crippen LogP) is -7.76. The summed E-state index contributed by atoms with van der Waals surface area (Å²) in [4.78, 5) is 262. The van der Waals surface area contributed by atoms with E-state index in [1.54, 1.807) is 71.9 Å². The van der Waals surface area contributed by atoms with Crippen molar-refractivity contribution in [3.63, 3.8) is 0 Å². The highest BCUT2D eigenvalue weighted by Gasteiger charge is 2.44. The van der Waals surface area contributed by atoms with Gasteiger partial charge in [0.15, 0.2) is 0 Å². The topological polar surface area (TPSA) is 722 Å². The molecule has 16 atom stereocenters. The monoisotopic (exact) mass is 1880 g/mol. The summed E-state index contributed by atoms with van der Waals surface area (Å²) in [6.45, 7) is 7.73. The van der Waals surface area contributed by atoms with Crippen LogP contribution in [-0.2, 0) is 97.5 Å². The van der Waals surface area contributed by atoms with Crippen LogP contribution in [0.15, 0.2) is 30.3 Å². The van der Waals surface area contributed by atoms with Gasteiger partial charge in [0, 0.05) is 31.7 Å². The van der Waals surface area contributed by atoms with Crippen LogP contribution in [0.5, 0.6) is 0 Å². The van der Waals surface area contributed by atoms with Gasteiger partial charge in [-0.2, -0.15) is 24.4 Å². The van der Waals surface area contributed by atoms with Gasteiger partial charge in [0.25, 0.3) is 0 Å². The number of carboxylic acid groups (broad SMARTS) is 1. The van der Waals surface area contributed by atoms with Gasteiger partial charge in [-0.05, 0) is 171 Å². The van der Waals surface area contributed by atoms with E-state index >= 15 is 0 Å². The number of carbonyl (C=O) groups excluding carboxylic acids is 18. The van der Waals surface area contributed by atoms with Gasteiger partial charge in [-0.15, -0.1) is 0 Å². The summed E-state index contributed by atoms with van der Waals surface area (Å²) in [7, 11) is 0. The maximum Gasteiger partial charge on any atom is 0.326 e. The molecule has 2 aliphatic heterocycles. The van der Waals surface area contributed by atoms with Crippen LogP contribution in [0.4, 0.5) is 0 Å². The van der Waals surface area contributed by atoms with Crippen molar-refractivity contribution in [1.82, 2.24) is 89.6 Å². The number of aliphatic hydroxyl groups is 3. The van der Waals surface area contributed by atoms with Gasteiger partial charge in [0.1, 0.15) is 84.6 Å². The standard InChI is InChI=1S/C83H140N22O23S2/c1-45(2)36-56(97-80(124)68(48(7)108)103-69(113)50(87)29-35-130-8)82(126)105-34-19-26-62(105)78(122)101-60(44-129)76(120)96-55(38-49-20-10-9-11-21-49)70(114)89-39-65(111)94-53(27-28-63(88)109)73(117)95-54(24-14-17-32-86)81(125)104-33-18-25-61(104)77(121)100-58(42-106)71(115)90-40-64(110)93-52(23-13-16-31-85)74(118)102-67(47(5)6)79(123)91-41-66(112)92-51(22-12-15-30-84)72(116)99-59(43-107)75(119)98-57(83(127)128)37-46(3)4/h9-11,20-21,45-48,50-62,67-68,106-108,129H,12-19,22-44,84-87H2,1-8H3,(H2,88,109)(H,89,114)(H,90,115)(H,91,123)(H,92,112)(H,93,110)(H,94,111)(H,95,117)(H,96,120)(H,97,124)(H,98,119)(H,99,116)(H,100,121)(H,101,122)(H,102,118)(H,103,113)(H,127,128)/t48-,50+,51+,52+,53+,54+,55+,56+,57+,58+,59+,60+,61+,62+,67+,68+/m1/s1. The second kappa shape index (κ2) is 60.5. The summed E-state index contributed by atoms with van der Waals surface area (Å²) < 4.78 is 0. The zero-order valence-electron chi connectivity index (χ0n) is 75.5. The lowest BCUT2D eigenvalue weighted by Crippen LogP contribution is -2.61. The van der Waals surface area contributed by atoms with E-state index in [1.165, 1.54) is 23.6 Å². The maximum atomic E-state index is 14.7.